The zero-order valence-electron chi connectivity index (χ0n) is 18.3. The van der Waals surface area contributed by atoms with Crippen molar-refractivity contribution in [3.05, 3.63) is 94.6 Å². The quantitative estimate of drug-likeness (QED) is 0.463. The number of rotatable bonds is 7. The Morgan fingerprint density at radius 2 is 1.76 bits per heavy atom. The SMILES string of the molecule is CS(=O)(=O)c1ccc(OCc2ccc(F)cc2F)c(C2=C(c3cccc(C(=O)O)c3)CCC2)c1. The van der Waals surface area contributed by atoms with E-state index in [2.05, 4.69) is 0 Å². The molecule has 0 heterocycles. The van der Waals surface area contributed by atoms with Crippen LogP contribution in [0.2, 0.25) is 0 Å². The highest BCUT2D eigenvalue weighted by Gasteiger charge is 2.23. The summed E-state index contributed by atoms with van der Waals surface area (Å²) in [5.74, 6) is -2.10. The van der Waals surface area contributed by atoms with Gasteiger partial charge in [-0.3, -0.25) is 0 Å². The smallest absolute Gasteiger partial charge is 0.335 e. The second kappa shape index (κ2) is 9.38. The first-order chi connectivity index (χ1) is 16.1. The average molecular weight is 485 g/mol. The monoisotopic (exact) mass is 484 g/mol. The molecule has 0 spiro atoms. The Kier molecular flexibility index (Phi) is 6.52. The van der Waals surface area contributed by atoms with Crippen LogP contribution in [-0.4, -0.2) is 25.7 Å². The Bertz CT molecular complexity index is 1410. The van der Waals surface area contributed by atoms with E-state index in [9.17, 15) is 27.1 Å². The Labute approximate surface area is 196 Å². The van der Waals surface area contributed by atoms with Crippen molar-refractivity contribution in [2.75, 3.05) is 6.26 Å². The van der Waals surface area contributed by atoms with Crippen LogP contribution < -0.4 is 4.74 Å². The first-order valence-corrected chi connectivity index (χ1v) is 12.5. The number of benzene rings is 3. The highest BCUT2D eigenvalue weighted by molar-refractivity contribution is 7.90. The summed E-state index contributed by atoms with van der Waals surface area (Å²) in [6.45, 7) is -0.172. The maximum absolute atomic E-state index is 14.1. The summed E-state index contributed by atoms with van der Waals surface area (Å²) >= 11 is 0. The maximum Gasteiger partial charge on any atom is 0.335 e. The number of hydrogen-bond donors (Lipinski definition) is 1. The number of carboxylic acid groups (broad SMARTS) is 1. The molecule has 0 aliphatic heterocycles. The second-order valence-electron chi connectivity index (χ2n) is 8.15. The molecule has 1 aliphatic rings. The lowest BCUT2D eigenvalue weighted by Gasteiger charge is -2.16. The lowest BCUT2D eigenvalue weighted by Crippen LogP contribution is -2.04. The third-order valence-electron chi connectivity index (χ3n) is 5.78. The average Bonchev–Trinajstić information content (AvgIpc) is 3.27. The van der Waals surface area contributed by atoms with E-state index in [1.807, 2.05) is 6.07 Å². The van der Waals surface area contributed by atoms with Crippen molar-refractivity contribution in [1.82, 2.24) is 0 Å². The van der Waals surface area contributed by atoms with Crippen LogP contribution in [0.15, 0.2) is 65.6 Å². The minimum Gasteiger partial charge on any atom is -0.488 e. The van der Waals surface area contributed by atoms with E-state index in [1.54, 1.807) is 12.1 Å². The fourth-order valence-corrected chi connectivity index (χ4v) is 4.74. The number of allylic oxidation sites excluding steroid dienone is 2. The predicted molar refractivity (Wildman–Crippen MR) is 124 cm³/mol. The van der Waals surface area contributed by atoms with Crippen LogP contribution in [0.25, 0.3) is 11.1 Å². The summed E-state index contributed by atoms with van der Waals surface area (Å²) in [5.41, 5.74) is 3.37. The summed E-state index contributed by atoms with van der Waals surface area (Å²) in [5, 5.41) is 9.37. The predicted octanol–water partition coefficient (Wildman–Crippen LogP) is 5.74. The first-order valence-electron chi connectivity index (χ1n) is 10.6. The van der Waals surface area contributed by atoms with Crippen molar-refractivity contribution in [3.63, 3.8) is 0 Å². The molecule has 0 aromatic heterocycles. The topological polar surface area (TPSA) is 80.7 Å². The summed E-state index contributed by atoms with van der Waals surface area (Å²) < 4.78 is 57.7. The zero-order valence-corrected chi connectivity index (χ0v) is 19.2. The zero-order chi connectivity index (χ0) is 24.5. The molecule has 3 aromatic rings. The first kappa shape index (κ1) is 23.6. The van der Waals surface area contributed by atoms with Gasteiger partial charge in [0.2, 0.25) is 0 Å². The van der Waals surface area contributed by atoms with Gasteiger partial charge in [0.15, 0.2) is 9.84 Å². The molecule has 3 aromatic carbocycles. The van der Waals surface area contributed by atoms with Crippen LogP contribution in [0, 0.1) is 11.6 Å². The molecule has 0 saturated carbocycles. The highest BCUT2D eigenvalue weighted by Crippen LogP contribution is 2.43. The second-order valence-corrected chi connectivity index (χ2v) is 10.2. The summed E-state index contributed by atoms with van der Waals surface area (Å²) in [6, 6.07) is 14.3. The standard InChI is InChI=1S/C26H22F2O5S/c1-34(31,32)20-10-11-25(33-15-18-8-9-19(27)13-24(18)28)23(14-20)22-7-3-6-21(22)16-4-2-5-17(12-16)26(29)30/h2,4-5,8-14H,3,6-7,15H2,1H3,(H,29,30). The molecule has 0 fully saturated rings. The molecule has 0 bridgehead atoms. The van der Waals surface area contributed by atoms with Crippen molar-refractivity contribution < 1.29 is 31.8 Å². The van der Waals surface area contributed by atoms with Gasteiger partial charge in [-0.05, 0) is 78.4 Å². The van der Waals surface area contributed by atoms with Gasteiger partial charge in [0.1, 0.15) is 24.0 Å². The van der Waals surface area contributed by atoms with Crippen molar-refractivity contribution in [2.24, 2.45) is 0 Å². The molecule has 4 rings (SSSR count). The molecule has 176 valence electrons. The summed E-state index contributed by atoms with van der Waals surface area (Å²) in [7, 11) is -3.51. The normalized spacial score (nSPS) is 13.9. The van der Waals surface area contributed by atoms with Crippen molar-refractivity contribution in [3.8, 4) is 5.75 Å². The van der Waals surface area contributed by atoms with Gasteiger partial charge >= 0.3 is 5.97 Å². The number of sulfone groups is 1. The molecule has 0 amide bonds. The molecule has 34 heavy (non-hydrogen) atoms. The molecule has 8 heteroatoms. The maximum atomic E-state index is 14.1. The molecule has 1 N–H and O–H groups in total. The fraction of sp³-hybridized carbons (Fsp3) is 0.192. The third-order valence-corrected chi connectivity index (χ3v) is 6.89. The Hall–Kier alpha value is -3.52. The van der Waals surface area contributed by atoms with E-state index >= 15 is 0 Å². The molecular weight excluding hydrogens is 462 g/mol. The molecule has 1 aliphatic carbocycles. The number of hydrogen-bond acceptors (Lipinski definition) is 4. The van der Waals surface area contributed by atoms with Gasteiger partial charge in [-0.1, -0.05) is 12.1 Å². The molecule has 0 unspecified atom stereocenters. The number of aromatic carboxylic acids is 1. The van der Waals surface area contributed by atoms with Crippen LogP contribution in [-0.2, 0) is 16.4 Å². The molecule has 5 nitrogen and oxygen atoms in total. The van der Waals surface area contributed by atoms with Gasteiger partial charge in [0.05, 0.1) is 10.5 Å². The van der Waals surface area contributed by atoms with E-state index in [0.29, 0.717) is 24.2 Å². The van der Waals surface area contributed by atoms with Crippen LogP contribution in [0.5, 0.6) is 5.75 Å². The van der Waals surface area contributed by atoms with Gasteiger partial charge in [-0.15, -0.1) is 0 Å². The van der Waals surface area contributed by atoms with Gasteiger partial charge in [0.25, 0.3) is 0 Å². The van der Waals surface area contributed by atoms with Crippen molar-refractivity contribution in [2.45, 2.75) is 30.8 Å². The van der Waals surface area contributed by atoms with Crippen LogP contribution in [0.4, 0.5) is 8.78 Å². The van der Waals surface area contributed by atoms with Crippen LogP contribution in [0.1, 0.15) is 46.3 Å². The summed E-state index contributed by atoms with van der Waals surface area (Å²) in [6.07, 6.45) is 3.24. The van der Waals surface area contributed by atoms with Gasteiger partial charge in [-0.2, -0.15) is 0 Å². The number of halogens is 2. The molecule has 0 atom stereocenters. The number of carbonyl (C=O) groups is 1. The fourth-order valence-electron chi connectivity index (χ4n) is 4.10. The van der Waals surface area contributed by atoms with Crippen molar-refractivity contribution in [1.29, 1.82) is 0 Å². The molecule has 0 saturated heterocycles. The Balaban J connectivity index is 1.80. The van der Waals surface area contributed by atoms with E-state index in [0.717, 1.165) is 41.5 Å². The van der Waals surface area contributed by atoms with E-state index in [1.165, 1.54) is 30.3 Å². The molecule has 0 radical (unpaired) electrons. The number of ether oxygens (including phenoxy) is 1. The summed E-state index contributed by atoms with van der Waals surface area (Å²) in [4.78, 5) is 11.6. The van der Waals surface area contributed by atoms with E-state index < -0.39 is 27.4 Å². The largest absolute Gasteiger partial charge is 0.488 e. The van der Waals surface area contributed by atoms with Gasteiger partial charge < -0.3 is 9.84 Å². The Morgan fingerprint density at radius 3 is 2.47 bits per heavy atom. The van der Waals surface area contributed by atoms with E-state index in [-0.39, 0.29) is 22.6 Å². The van der Waals surface area contributed by atoms with Crippen LogP contribution in [0.3, 0.4) is 0 Å². The Morgan fingerprint density at radius 1 is 1.00 bits per heavy atom. The van der Waals surface area contributed by atoms with Gasteiger partial charge in [-0.25, -0.2) is 22.0 Å². The number of carboxylic acids is 1. The lowest BCUT2D eigenvalue weighted by atomic mass is 9.95. The lowest BCUT2D eigenvalue weighted by molar-refractivity contribution is 0.0697. The van der Waals surface area contributed by atoms with Crippen LogP contribution >= 0.6 is 0 Å². The van der Waals surface area contributed by atoms with Crippen molar-refractivity contribution >= 4 is 27.0 Å². The minimum atomic E-state index is -3.51. The third kappa shape index (κ3) is 5.02. The minimum absolute atomic E-state index is 0.112. The van der Waals surface area contributed by atoms with Gasteiger partial charge in [0, 0.05) is 23.4 Å². The molecular formula is C26H22F2O5S. The van der Waals surface area contributed by atoms with E-state index in [4.69, 9.17) is 4.74 Å². The highest BCUT2D eigenvalue weighted by atomic mass is 32.2.